The van der Waals surface area contributed by atoms with Crippen LogP contribution in [0.25, 0.3) is 11.5 Å². The van der Waals surface area contributed by atoms with Gasteiger partial charge in [0.1, 0.15) is 11.5 Å². The van der Waals surface area contributed by atoms with Gasteiger partial charge in [-0.05, 0) is 36.2 Å². The van der Waals surface area contributed by atoms with Gasteiger partial charge in [-0.15, -0.1) is 11.3 Å². The molecule has 6 heteroatoms. The Labute approximate surface area is 119 Å². The van der Waals surface area contributed by atoms with Crippen LogP contribution in [-0.4, -0.2) is 21.5 Å². The van der Waals surface area contributed by atoms with Crippen LogP contribution in [0, 0.1) is 13.8 Å². The van der Waals surface area contributed by atoms with E-state index in [0.29, 0.717) is 5.82 Å². The number of hydrogen-bond donors (Lipinski definition) is 1. The van der Waals surface area contributed by atoms with Gasteiger partial charge in [-0.1, -0.05) is 6.92 Å². The third-order valence-electron chi connectivity index (χ3n) is 2.41. The number of thiazole rings is 1. The molecule has 0 fully saturated rings. The van der Waals surface area contributed by atoms with Crippen molar-refractivity contribution in [1.82, 2.24) is 15.0 Å². The lowest BCUT2D eigenvalue weighted by Gasteiger charge is -2.09. The highest BCUT2D eigenvalue weighted by atomic mass is 79.9. The first-order chi connectivity index (χ1) is 8.61. The summed E-state index contributed by atoms with van der Waals surface area (Å²) in [5.41, 5.74) is 1.76. The van der Waals surface area contributed by atoms with E-state index in [1.54, 1.807) is 11.3 Å². The van der Waals surface area contributed by atoms with Gasteiger partial charge in [0.15, 0.2) is 5.82 Å². The number of nitrogens with zero attached hydrogens (tertiary/aromatic N) is 3. The average molecular weight is 327 g/mol. The Hall–Kier alpha value is -1.01. The summed E-state index contributed by atoms with van der Waals surface area (Å²) >= 11 is 5.13. The molecule has 2 heterocycles. The third-order valence-corrected chi connectivity index (χ3v) is 4.13. The maximum absolute atomic E-state index is 4.53. The lowest BCUT2D eigenvalue weighted by molar-refractivity contribution is 0.957. The summed E-state index contributed by atoms with van der Waals surface area (Å²) in [6.07, 6.45) is 1.06. The molecular weight excluding hydrogens is 312 g/mol. The van der Waals surface area contributed by atoms with E-state index in [4.69, 9.17) is 0 Å². The molecule has 2 rings (SSSR count). The summed E-state index contributed by atoms with van der Waals surface area (Å²) in [5.74, 6) is 1.52. The first-order valence-electron chi connectivity index (χ1n) is 5.82. The van der Waals surface area contributed by atoms with E-state index in [-0.39, 0.29) is 0 Å². The van der Waals surface area contributed by atoms with E-state index < -0.39 is 0 Å². The molecule has 0 atom stereocenters. The molecule has 0 aromatic carbocycles. The fraction of sp³-hybridized carbons (Fsp3) is 0.417. The number of halogens is 1. The second-order valence-electron chi connectivity index (χ2n) is 3.97. The average Bonchev–Trinajstić information content (AvgIpc) is 2.77. The highest BCUT2D eigenvalue weighted by Crippen LogP contribution is 2.27. The Kier molecular flexibility index (Phi) is 4.29. The monoisotopic (exact) mass is 326 g/mol. The molecule has 4 nitrogen and oxygen atoms in total. The van der Waals surface area contributed by atoms with E-state index >= 15 is 0 Å². The normalized spacial score (nSPS) is 10.7. The quantitative estimate of drug-likeness (QED) is 0.928. The van der Waals surface area contributed by atoms with Gasteiger partial charge in [-0.2, -0.15) is 0 Å². The van der Waals surface area contributed by atoms with Crippen molar-refractivity contribution in [2.24, 2.45) is 0 Å². The van der Waals surface area contributed by atoms with Crippen LogP contribution in [0.3, 0.4) is 0 Å². The van der Waals surface area contributed by atoms with Crippen molar-refractivity contribution in [3.05, 3.63) is 20.6 Å². The zero-order chi connectivity index (χ0) is 13.1. The van der Waals surface area contributed by atoms with Crippen molar-refractivity contribution in [1.29, 1.82) is 0 Å². The zero-order valence-electron chi connectivity index (χ0n) is 10.6. The number of nitrogens with one attached hydrogen (secondary N) is 1. The van der Waals surface area contributed by atoms with Crippen LogP contribution in [0.4, 0.5) is 5.82 Å². The lowest BCUT2D eigenvalue weighted by atomic mass is 10.3. The number of anilines is 1. The molecule has 0 spiro atoms. The molecule has 0 unspecified atom stereocenters. The maximum Gasteiger partial charge on any atom is 0.181 e. The molecule has 0 saturated carbocycles. The molecule has 0 radical (unpaired) electrons. The Morgan fingerprint density at radius 2 is 2.06 bits per heavy atom. The number of aryl methyl sites for hydroxylation is 2. The second kappa shape index (κ2) is 5.75. The van der Waals surface area contributed by atoms with Gasteiger partial charge in [0.2, 0.25) is 0 Å². The van der Waals surface area contributed by atoms with Crippen LogP contribution in [0.2, 0.25) is 0 Å². The van der Waals surface area contributed by atoms with Crippen LogP contribution < -0.4 is 5.32 Å². The molecule has 0 aliphatic rings. The molecule has 96 valence electrons. The molecule has 0 saturated heterocycles. The molecule has 0 amide bonds. The Balaban J connectivity index is 2.40. The SMILES string of the molecule is CCCNc1nc(-c2csc(C)n2)nc(C)c1Br. The summed E-state index contributed by atoms with van der Waals surface area (Å²) in [6, 6.07) is 0. The molecule has 0 aliphatic heterocycles. The van der Waals surface area contributed by atoms with Crippen LogP contribution in [-0.2, 0) is 0 Å². The van der Waals surface area contributed by atoms with Gasteiger partial charge in [0, 0.05) is 11.9 Å². The fourth-order valence-corrected chi connectivity index (χ4v) is 2.41. The molecule has 1 N–H and O–H groups in total. The van der Waals surface area contributed by atoms with Gasteiger partial charge >= 0.3 is 0 Å². The van der Waals surface area contributed by atoms with Crippen molar-refractivity contribution >= 4 is 33.1 Å². The van der Waals surface area contributed by atoms with E-state index in [1.807, 2.05) is 19.2 Å². The predicted molar refractivity (Wildman–Crippen MR) is 79.1 cm³/mol. The highest BCUT2D eigenvalue weighted by Gasteiger charge is 2.12. The molecule has 2 aromatic rings. The van der Waals surface area contributed by atoms with Crippen molar-refractivity contribution in [2.75, 3.05) is 11.9 Å². The summed E-state index contributed by atoms with van der Waals surface area (Å²) in [4.78, 5) is 13.4. The molecule has 18 heavy (non-hydrogen) atoms. The standard InChI is InChI=1S/C12H15BrN4S/c1-4-5-14-12-10(13)7(2)15-11(17-12)9-6-18-8(3)16-9/h6H,4-5H2,1-3H3,(H,14,15,17). The van der Waals surface area contributed by atoms with Gasteiger partial charge in [0.05, 0.1) is 15.2 Å². The van der Waals surface area contributed by atoms with E-state index in [9.17, 15) is 0 Å². The maximum atomic E-state index is 4.53. The minimum Gasteiger partial charge on any atom is -0.369 e. The van der Waals surface area contributed by atoms with Crippen LogP contribution in [0.1, 0.15) is 24.0 Å². The predicted octanol–water partition coefficient (Wildman–Crippen LogP) is 3.80. The lowest BCUT2D eigenvalue weighted by Crippen LogP contribution is -2.06. The van der Waals surface area contributed by atoms with Gasteiger partial charge in [-0.25, -0.2) is 15.0 Å². The van der Waals surface area contributed by atoms with Crippen molar-refractivity contribution < 1.29 is 0 Å². The van der Waals surface area contributed by atoms with Gasteiger partial charge in [0.25, 0.3) is 0 Å². The van der Waals surface area contributed by atoms with Crippen LogP contribution in [0.15, 0.2) is 9.85 Å². The van der Waals surface area contributed by atoms with E-state index in [1.165, 1.54) is 0 Å². The smallest absolute Gasteiger partial charge is 0.181 e. The Morgan fingerprint density at radius 1 is 1.28 bits per heavy atom. The van der Waals surface area contributed by atoms with Crippen molar-refractivity contribution in [3.8, 4) is 11.5 Å². The van der Waals surface area contributed by atoms with E-state index in [2.05, 4.69) is 43.1 Å². The number of hydrogen-bond acceptors (Lipinski definition) is 5. The summed E-state index contributed by atoms with van der Waals surface area (Å²) in [7, 11) is 0. The molecule has 0 bridgehead atoms. The molecule has 2 aromatic heterocycles. The topological polar surface area (TPSA) is 50.7 Å². The minimum absolute atomic E-state index is 0.679. The Morgan fingerprint density at radius 3 is 2.67 bits per heavy atom. The number of rotatable bonds is 4. The number of aromatic nitrogens is 3. The summed E-state index contributed by atoms with van der Waals surface area (Å²) < 4.78 is 0.923. The van der Waals surface area contributed by atoms with Gasteiger partial charge < -0.3 is 5.32 Å². The molecular formula is C12H15BrN4S. The van der Waals surface area contributed by atoms with Gasteiger partial charge in [-0.3, -0.25) is 0 Å². The Bertz CT molecular complexity index is 553. The summed E-state index contributed by atoms with van der Waals surface area (Å²) in [6.45, 7) is 6.96. The first-order valence-corrected chi connectivity index (χ1v) is 7.49. The van der Waals surface area contributed by atoms with Crippen molar-refractivity contribution in [3.63, 3.8) is 0 Å². The minimum atomic E-state index is 0.679. The zero-order valence-corrected chi connectivity index (χ0v) is 13.0. The first kappa shape index (κ1) is 13.4. The van der Waals surface area contributed by atoms with Crippen LogP contribution in [0.5, 0.6) is 0 Å². The van der Waals surface area contributed by atoms with Crippen molar-refractivity contribution in [2.45, 2.75) is 27.2 Å². The molecule has 0 aliphatic carbocycles. The highest BCUT2D eigenvalue weighted by molar-refractivity contribution is 9.10. The largest absolute Gasteiger partial charge is 0.369 e. The second-order valence-corrected chi connectivity index (χ2v) is 5.83. The van der Waals surface area contributed by atoms with E-state index in [0.717, 1.165) is 39.7 Å². The third kappa shape index (κ3) is 2.87. The van der Waals surface area contributed by atoms with Crippen LogP contribution >= 0.6 is 27.3 Å². The summed E-state index contributed by atoms with van der Waals surface area (Å²) in [5, 5.41) is 6.31. The fourth-order valence-electron chi connectivity index (χ4n) is 1.50.